The molecule has 0 bridgehead atoms. The lowest BCUT2D eigenvalue weighted by Gasteiger charge is -2.27. The zero-order chi connectivity index (χ0) is 15.6. The summed E-state index contributed by atoms with van der Waals surface area (Å²) in [7, 11) is 1.73. The largest absolute Gasteiger partial charge is 0.422 e. The van der Waals surface area contributed by atoms with E-state index >= 15 is 0 Å². The lowest BCUT2D eigenvalue weighted by atomic mass is 9.82. The van der Waals surface area contributed by atoms with Crippen molar-refractivity contribution in [3.05, 3.63) is 23.1 Å². The smallest absolute Gasteiger partial charge is 0.375 e. The number of aliphatic hydroxyl groups is 1. The molecule has 2 heterocycles. The van der Waals surface area contributed by atoms with E-state index in [4.69, 9.17) is 4.52 Å². The summed E-state index contributed by atoms with van der Waals surface area (Å²) in [6, 6.07) is 0. The van der Waals surface area contributed by atoms with Crippen LogP contribution in [0.5, 0.6) is 0 Å². The van der Waals surface area contributed by atoms with E-state index in [-0.39, 0.29) is 11.7 Å². The van der Waals surface area contributed by atoms with Crippen molar-refractivity contribution in [3.63, 3.8) is 0 Å². The monoisotopic (exact) mass is 301 g/mol. The molecular weight excluding hydrogens is 287 g/mol. The Morgan fingerprint density at radius 2 is 2.10 bits per heavy atom. The first-order chi connectivity index (χ1) is 9.63. The third-order valence-electron chi connectivity index (χ3n) is 3.88. The van der Waals surface area contributed by atoms with Gasteiger partial charge in [-0.05, 0) is 19.3 Å². The molecular formula is C13H14F3N3O2. The van der Waals surface area contributed by atoms with Crippen molar-refractivity contribution in [2.24, 2.45) is 7.05 Å². The van der Waals surface area contributed by atoms with Gasteiger partial charge in [0.15, 0.2) is 5.76 Å². The van der Waals surface area contributed by atoms with Gasteiger partial charge in [-0.25, -0.2) is 0 Å². The molecule has 8 heteroatoms. The maximum absolute atomic E-state index is 13.0. The fourth-order valence-corrected chi connectivity index (χ4v) is 2.70. The van der Waals surface area contributed by atoms with Gasteiger partial charge >= 0.3 is 6.18 Å². The van der Waals surface area contributed by atoms with Crippen molar-refractivity contribution in [3.8, 4) is 11.3 Å². The van der Waals surface area contributed by atoms with Gasteiger partial charge in [0.2, 0.25) is 5.60 Å². The van der Waals surface area contributed by atoms with Gasteiger partial charge in [0, 0.05) is 18.8 Å². The molecule has 5 nitrogen and oxygen atoms in total. The van der Waals surface area contributed by atoms with Crippen molar-refractivity contribution in [1.29, 1.82) is 0 Å². The van der Waals surface area contributed by atoms with Gasteiger partial charge in [0.05, 0.1) is 11.3 Å². The maximum atomic E-state index is 13.0. The van der Waals surface area contributed by atoms with Crippen LogP contribution in [-0.2, 0) is 19.1 Å². The molecule has 1 N–H and O–H groups in total. The van der Waals surface area contributed by atoms with Crippen LogP contribution < -0.4 is 0 Å². The zero-order valence-corrected chi connectivity index (χ0v) is 11.7. The van der Waals surface area contributed by atoms with Gasteiger partial charge < -0.3 is 9.63 Å². The molecule has 3 rings (SSSR count). The lowest BCUT2D eigenvalue weighted by molar-refractivity contribution is -0.261. The Kier molecular flexibility index (Phi) is 2.75. The third kappa shape index (κ3) is 1.89. The molecule has 0 amide bonds. The van der Waals surface area contributed by atoms with Crippen molar-refractivity contribution in [1.82, 2.24) is 14.9 Å². The van der Waals surface area contributed by atoms with Crippen LogP contribution in [0.25, 0.3) is 11.3 Å². The van der Waals surface area contributed by atoms with Gasteiger partial charge in [-0.15, -0.1) is 0 Å². The Morgan fingerprint density at radius 1 is 1.43 bits per heavy atom. The van der Waals surface area contributed by atoms with E-state index in [0.717, 1.165) is 5.69 Å². The van der Waals surface area contributed by atoms with Crippen LogP contribution in [0, 0.1) is 0 Å². The molecule has 2 aromatic heterocycles. The van der Waals surface area contributed by atoms with Crippen LogP contribution in [0.3, 0.4) is 0 Å². The van der Waals surface area contributed by atoms with Gasteiger partial charge in [0.1, 0.15) is 5.69 Å². The van der Waals surface area contributed by atoms with E-state index in [9.17, 15) is 18.3 Å². The van der Waals surface area contributed by atoms with Gasteiger partial charge in [0.25, 0.3) is 0 Å². The Morgan fingerprint density at radius 3 is 2.71 bits per heavy atom. The fourth-order valence-electron chi connectivity index (χ4n) is 2.70. The number of rotatable bonds is 1. The number of hydrogen-bond donors (Lipinski definition) is 1. The number of fused-ring (bicyclic) bond motifs is 3. The molecule has 2 atom stereocenters. The van der Waals surface area contributed by atoms with E-state index < -0.39 is 17.5 Å². The number of aromatic nitrogens is 3. The second-order valence-corrected chi connectivity index (χ2v) is 5.61. The standard InChI is InChI=1S/C13H14F3N3O2/c1-6-4-8-7(5-19(3)17-8)10-9(6)11(18-21-10)12(2,20)13(14,15)16/h5-6,20H,4H2,1-3H3/t6-,12+/m0/s1. The Labute approximate surface area is 118 Å². The SMILES string of the molecule is C[C@H]1Cc2nn(C)cc2-c2onc([C@@](C)(O)C(F)(F)F)c21. The summed E-state index contributed by atoms with van der Waals surface area (Å²) >= 11 is 0. The number of alkyl halides is 3. The number of hydrogen-bond acceptors (Lipinski definition) is 4. The number of halogens is 3. The van der Waals surface area contributed by atoms with Crippen LogP contribution in [0.15, 0.2) is 10.7 Å². The van der Waals surface area contributed by atoms with Crippen molar-refractivity contribution >= 4 is 0 Å². The highest BCUT2D eigenvalue weighted by Gasteiger charge is 2.55. The molecule has 114 valence electrons. The molecule has 21 heavy (non-hydrogen) atoms. The molecule has 0 unspecified atom stereocenters. The summed E-state index contributed by atoms with van der Waals surface area (Å²) in [4.78, 5) is 0. The summed E-state index contributed by atoms with van der Waals surface area (Å²) in [5.41, 5.74) is -1.82. The fraction of sp³-hybridized carbons (Fsp3) is 0.538. The Bertz CT molecular complexity index is 700. The summed E-state index contributed by atoms with van der Waals surface area (Å²) in [6.45, 7) is 2.46. The normalized spacial score (nSPS) is 20.8. The molecule has 0 saturated heterocycles. The van der Waals surface area contributed by atoms with Crippen molar-refractivity contribution < 1.29 is 22.8 Å². The number of nitrogens with zero attached hydrogens (tertiary/aromatic N) is 3. The summed E-state index contributed by atoms with van der Waals surface area (Å²) in [5.74, 6) is -0.00569. The van der Waals surface area contributed by atoms with E-state index in [1.54, 1.807) is 24.9 Å². The lowest BCUT2D eigenvalue weighted by Crippen LogP contribution is -2.40. The van der Waals surface area contributed by atoms with Crippen LogP contribution in [0.2, 0.25) is 0 Å². The first kappa shape index (κ1) is 14.1. The van der Waals surface area contributed by atoms with Crippen molar-refractivity contribution in [2.75, 3.05) is 0 Å². The van der Waals surface area contributed by atoms with Gasteiger partial charge in [-0.2, -0.15) is 18.3 Å². The van der Waals surface area contributed by atoms with Crippen LogP contribution in [0.4, 0.5) is 13.2 Å². The Balaban J connectivity index is 2.20. The second-order valence-electron chi connectivity index (χ2n) is 5.61. The summed E-state index contributed by atoms with van der Waals surface area (Å²) < 4.78 is 45.8. The van der Waals surface area contributed by atoms with Crippen molar-refractivity contribution in [2.45, 2.75) is 38.0 Å². The van der Waals surface area contributed by atoms with E-state index in [1.807, 2.05) is 0 Å². The average molecular weight is 301 g/mol. The third-order valence-corrected chi connectivity index (χ3v) is 3.88. The highest BCUT2D eigenvalue weighted by atomic mass is 19.4. The molecule has 1 aliphatic carbocycles. The second kappa shape index (κ2) is 4.09. The minimum Gasteiger partial charge on any atom is -0.375 e. The maximum Gasteiger partial charge on any atom is 0.422 e. The minimum atomic E-state index is -4.83. The molecule has 0 aromatic carbocycles. The zero-order valence-electron chi connectivity index (χ0n) is 11.7. The van der Waals surface area contributed by atoms with Crippen LogP contribution in [-0.4, -0.2) is 26.2 Å². The quantitative estimate of drug-likeness (QED) is 0.879. The van der Waals surface area contributed by atoms with E-state index in [0.29, 0.717) is 24.5 Å². The molecule has 2 aromatic rings. The summed E-state index contributed by atoms with van der Waals surface area (Å²) in [5, 5.41) is 17.6. The molecule has 0 spiro atoms. The molecule has 1 aliphatic rings. The van der Waals surface area contributed by atoms with Crippen LogP contribution in [0.1, 0.15) is 36.7 Å². The minimum absolute atomic E-state index is 0.261. The highest BCUT2D eigenvalue weighted by molar-refractivity contribution is 5.68. The van der Waals surface area contributed by atoms with Gasteiger partial charge in [-0.1, -0.05) is 12.1 Å². The summed E-state index contributed by atoms with van der Waals surface area (Å²) in [6.07, 6.45) is -2.67. The predicted molar refractivity (Wildman–Crippen MR) is 66.4 cm³/mol. The number of aryl methyl sites for hydroxylation is 1. The first-order valence-electron chi connectivity index (χ1n) is 6.45. The predicted octanol–water partition coefficient (Wildman–Crippen LogP) is 2.50. The molecule has 0 fully saturated rings. The van der Waals surface area contributed by atoms with Crippen LogP contribution >= 0.6 is 0 Å². The molecule has 0 radical (unpaired) electrons. The van der Waals surface area contributed by atoms with Gasteiger partial charge in [-0.3, -0.25) is 4.68 Å². The van der Waals surface area contributed by atoms with E-state index in [2.05, 4.69) is 10.3 Å². The molecule has 0 aliphatic heterocycles. The highest BCUT2D eigenvalue weighted by Crippen LogP contribution is 2.47. The first-order valence-corrected chi connectivity index (χ1v) is 6.45. The Hall–Kier alpha value is -1.83. The van der Waals surface area contributed by atoms with E-state index in [1.165, 1.54) is 0 Å². The average Bonchev–Trinajstić information content (AvgIpc) is 2.90. The topological polar surface area (TPSA) is 64.1 Å². The molecule has 0 saturated carbocycles.